The van der Waals surface area contributed by atoms with E-state index in [-0.39, 0.29) is 32.4 Å². The molecule has 18 heteroatoms. The molecule has 0 aliphatic carbocycles. The van der Waals surface area contributed by atoms with Crippen LogP contribution in [-0.4, -0.2) is 133 Å². The Morgan fingerprint density at radius 1 is 0.981 bits per heavy atom. The monoisotopic (exact) mass is 758 g/mol. The number of amides is 5. The van der Waals surface area contributed by atoms with Crippen LogP contribution < -0.4 is 21.7 Å². The zero-order chi connectivity index (χ0) is 38.9. The molecule has 0 radical (unpaired) electrons. The molecule has 1 aliphatic heterocycles. The molecule has 17 nitrogen and oxygen atoms in total. The Morgan fingerprint density at radius 2 is 1.66 bits per heavy atom. The first-order chi connectivity index (χ1) is 25.3. The van der Waals surface area contributed by atoms with E-state index in [2.05, 4.69) is 25.9 Å². The van der Waals surface area contributed by atoms with Crippen molar-refractivity contribution in [3.8, 4) is 0 Å². The molecule has 0 saturated carbocycles. The van der Waals surface area contributed by atoms with Crippen molar-refractivity contribution in [3.05, 3.63) is 54.1 Å². The molecule has 8 N–H and O–H groups in total. The van der Waals surface area contributed by atoms with Gasteiger partial charge in [0, 0.05) is 44.2 Å². The maximum Gasteiger partial charge on any atom is 0.326 e. The number of carbonyl (C=O) groups excluding carboxylic acids is 5. The molecule has 0 unspecified atom stereocenters. The molecule has 290 valence electrons. The quantitative estimate of drug-likeness (QED) is 0.0832. The number of imidazole rings is 1. The fraction of sp³-hybridized carbons (Fsp3) is 0.543. The number of benzene rings is 1. The van der Waals surface area contributed by atoms with Gasteiger partial charge in [0.1, 0.15) is 24.2 Å². The predicted molar refractivity (Wildman–Crippen MR) is 195 cm³/mol. The van der Waals surface area contributed by atoms with Crippen LogP contribution in [0.5, 0.6) is 0 Å². The fourth-order valence-corrected chi connectivity index (χ4v) is 6.43. The lowest BCUT2D eigenvalue weighted by Crippen LogP contribution is -2.59. The van der Waals surface area contributed by atoms with Crippen molar-refractivity contribution < 1.29 is 43.8 Å². The van der Waals surface area contributed by atoms with E-state index in [1.807, 2.05) is 13.2 Å². The Kier molecular flexibility index (Phi) is 17.2. The van der Waals surface area contributed by atoms with Gasteiger partial charge in [0.15, 0.2) is 0 Å². The smallest absolute Gasteiger partial charge is 0.326 e. The molecule has 3 rings (SSSR count). The number of carbonyl (C=O) groups is 7. The lowest BCUT2D eigenvalue weighted by molar-refractivity contribution is -0.150. The number of likely N-dealkylation sites (tertiary alicyclic amines) is 1. The van der Waals surface area contributed by atoms with Crippen LogP contribution in [0.1, 0.15) is 56.7 Å². The average Bonchev–Trinajstić information content (AvgIpc) is 3.84. The molecule has 1 aliphatic rings. The SMILES string of the molecule is CCCN(CC(=O)N1CCC[C@H]1C(=O)O)C(=O)[C@H](Cc1ccccc1)NC(=O)[C@H](Cc1cnc[nH]1)NC(=O)[C@H](CCC(=O)O)NC(=O)[C@@H](N)CCSC. The first kappa shape index (κ1) is 42.4. The summed E-state index contributed by atoms with van der Waals surface area (Å²) in [5.74, 6) is -5.09. The molecule has 0 bridgehead atoms. The van der Waals surface area contributed by atoms with Crippen molar-refractivity contribution >= 4 is 53.2 Å². The normalized spacial score (nSPS) is 16.1. The minimum Gasteiger partial charge on any atom is -0.481 e. The van der Waals surface area contributed by atoms with Crippen molar-refractivity contribution in [2.45, 2.75) is 88.5 Å². The molecule has 53 heavy (non-hydrogen) atoms. The van der Waals surface area contributed by atoms with Gasteiger partial charge in [-0.05, 0) is 49.7 Å². The Hall–Kier alpha value is -4.97. The molecule has 1 saturated heterocycles. The molecule has 5 amide bonds. The number of aromatic nitrogens is 2. The van der Waals surface area contributed by atoms with Gasteiger partial charge in [0.2, 0.25) is 29.5 Å². The average molecular weight is 759 g/mol. The second kappa shape index (κ2) is 21.5. The van der Waals surface area contributed by atoms with Crippen LogP contribution in [0.2, 0.25) is 0 Å². The van der Waals surface area contributed by atoms with Gasteiger partial charge < -0.3 is 46.7 Å². The molecule has 0 spiro atoms. The summed E-state index contributed by atoms with van der Waals surface area (Å²) in [6, 6.07) is 3.06. The predicted octanol–water partition coefficient (Wildman–Crippen LogP) is -0.0913. The van der Waals surface area contributed by atoms with Crippen molar-refractivity contribution in [2.75, 3.05) is 31.6 Å². The van der Waals surface area contributed by atoms with Crippen LogP contribution in [0.15, 0.2) is 42.9 Å². The summed E-state index contributed by atoms with van der Waals surface area (Å²) < 4.78 is 0. The summed E-state index contributed by atoms with van der Waals surface area (Å²) in [6.45, 7) is 1.82. The third-order valence-corrected chi connectivity index (χ3v) is 9.39. The Bertz CT molecular complexity index is 1540. The number of carboxylic acid groups (broad SMARTS) is 2. The van der Waals surface area contributed by atoms with Crippen LogP contribution >= 0.6 is 11.8 Å². The first-order valence-electron chi connectivity index (χ1n) is 17.5. The van der Waals surface area contributed by atoms with E-state index in [0.717, 1.165) is 0 Å². The van der Waals surface area contributed by atoms with Gasteiger partial charge in [-0.1, -0.05) is 37.3 Å². The lowest BCUT2D eigenvalue weighted by atomic mass is 10.0. The van der Waals surface area contributed by atoms with Crippen LogP contribution in [-0.2, 0) is 46.4 Å². The van der Waals surface area contributed by atoms with E-state index < -0.39 is 84.6 Å². The number of hydrogen-bond donors (Lipinski definition) is 7. The van der Waals surface area contributed by atoms with E-state index in [1.165, 1.54) is 34.1 Å². The summed E-state index contributed by atoms with van der Waals surface area (Å²) in [7, 11) is 0. The van der Waals surface area contributed by atoms with E-state index >= 15 is 0 Å². The molecule has 1 aromatic heterocycles. The van der Waals surface area contributed by atoms with Gasteiger partial charge in [0.25, 0.3) is 0 Å². The van der Waals surface area contributed by atoms with E-state index in [9.17, 15) is 43.8 Å². The van der Waals surface area contributed by atoms with E-state index in [1.54, 1.807) is 30.3 Å². The van der Waals surface area contributed by atoms with Crippen molar-refractivity contribution in [3.63, 3.8) is 0 Å². The van der Waals surface area contributed by atoms with E-state index in [4.69, 9.17) is 5.73 Å². The number of hydrogen-bond acceptors (Lipinski definition) is 10. The number of rotatable bonds is 22. The molecule has 2 heterocycles. The summed E-state index contributed by atoms with van der Waals surface area (Å²) in [4.78, 5) is 101. The summed E-state index contributed by atoms with van der Waals surface area (Å²) in [5.41, 5.74) is 7.14. The summed E-state index contributed by atoms with van der Waals surface area (Å²) in [5, 5.41) is 26.8. The van der Waals surface area contributed by atoms with Crippen molar-refractivity contribution in [1.29, 1.82) is 0 Å². The largest absolute Gasteiger partial charge is 0.481 e. The van der Waals surface area contributed by atoms with Gasteiger partial charge in [0.05, 0.1) is 18.9 Å². The standard InChI is InChI=1S/C35H50N8O9S/c1-3-14-42(20-29(44)43-15-7-10-28(43)35(51)52)34(50)27(17-22-8-5-4-6-9-22)41-33(49)26(18-23-19-37-21-38-23)40-32(48)25(11-12-30(45)46)39-31(47)24(36)13-16-53-2/h4-6,8-9,19,21,24-28H,3,7,10-18,20,36H2,1-2H3,(H,37,38)(H,39,47)(H,40,48)(H,41,49)(H,45,46)(H,51,52)/t24-,25-,26-,27-,28-/m0/s1. The highest BCUT2D eigenvalue weighted by Gasteiger charge is 2.37. The Morgan fingerprint density at radius 3 is 2.28 bits per heavy atom. The Labute approximate surface area is 312 Å². The van der Waals surface area contributed by atoms with Gasteiger partial charge in [-0.15, -0.1) is 0 Å². The molecular formula is C35H50N8O9S. The highest BCUT2D eigenvalue weighted by Crippen LogP contribution is 2.18. The Balaban J connectivity index is 1.89. The third-order valence-electron chi connectivity index (χ3n) is 8.75. The van der Waals surface area contributed by atoms with Gasteiger partial charge >= 0.3 is 11.9 Å². The molecule has 1 fully saturated rings. The third kappa shape index (κ3) is 13.5. The second-order valence-electron chi connectivity index (χ2n) is 12.8. The molecule has 5 atom stereocenters. The number of nitrogens with one attached hydrogen (secondary N) is 4. The second-order valence-corrected chi connectivity index (χ2v) is 13.8. The maximum absolute atomic E-state index is 14.2. The maximum atomic E-state index is 14.2. The van der Waals surface area contributed by atoms with Gasteiger partial charge in [-0.25, -0.2) is 9.78 Å². The number of nitrogens with zero attached hydrogens (tertiary/aromatic N) is 3. The molecule has 2 aromatic rings. The highest BCUT2D eigenvalue weighted by atomic mass is 32.2. The van der Waals surface area contributed by atoms with E-state index in [0.29, 0.717) is 42.7 Å². The zero-order valence-electron chi connectivity index (χ0n) is 30.0. The minimum absolute atomic E-state index is 0.0250. The number of carboxylic acids is 2. The number of aliphatic carboxylic acids is 2. The van der Waals surface area contributed by atoms with Crippen molar-refractivity contribution in [1.82, 2.24) is 35.7 Å². The number of aromatic amines is 1. The summed E-state index contributed by atoms with van der Waals surface area (Å²) in [6.07, 6.45) is 5.47. The topological polar surface area (TPSA) is 257 Å². The molecular weight excluding hydrogens is 708 g/mol. The zero-order valence-corrected chi connectivity index (χ0v) is 30.8. The van der Waals surface area contributed by atoms with Crippen LogP contribution in [0, 0.1) is 0 Å². The first-order valence-corrected chi connectivity index (χ1v) is 18.9. The number of H-pyrrole nitrogens is 1. The van der Waals surface area contributed by atoms with Crippen LogP contribution in [0.4, 0.5) is 0 Å². The minimum atomic E-state index is -1.34. The fourth-order valence-electron chi connectivity index (χ4n) is 5.94. The van der Waals surface area contributed by atoms with Gasteiger partial charge in [-0.2, -0.15) is 11.8 Å². The van der Waals surface area contributed by atoms with Crippen LogP contribution in [0.3, 0.4) is 0 Å². The summed E-state index contributed by atoms with van der Waals surface area (Å²) >= 11 is 1.48. The number of nitrogens with two attached hydrogens (primary N) is 1. The van der Waals surface area contributed by atoms with Crippen LogP contribution in [0.25, 0.3) is 0 Å². The highest BCUT2D eigenvalue weighted by molar-refractivity contribution is 7.98. The number of thioether (sulfide) groups is 1. The lowest BCUT2D eigenvalue weighted by Gasteiger charge is -2.31. The molecule has 1 aromatic carbocycles. The van der Waals surface area contributed by atoms with Crippen molar-refractivity contribution in [2.24, 2.45) is 5.73 Å². The van der Waals surface area contributed by atoms with Gasteiger partial charge in [-0.3, -0.25) is 28.8 Å².